The lowest BCUT2D eigenvalue weighted by molar-refractivity contribution is -0.180. The first-order valence-electron chi connectivity index (χ1n) is 7.45. The van der Waals surface area contributed by atoms with Gasteiger partial charge in [-0.25, -0.2) is 13.1 Å². The van der Waals surface area contributed by atoms with E-state index in [9.17, 15) is 21.6 Å². The number of rotatable bonds is 4. The minimum Gasteiger partial charge on any atom is -0.475 e. The molecule has 2 aromatic carbocycles. The van der Waals surface area contributed by atoms with Crippen molar-refractivity contribution >= 4 is 27.7 Å². The summed E-state index contributed by atoms with van der Waals surface area (Å²) >= 11 is 5.97. The van der Waals surface area contributed by atoms with E-state index in [1.165, 1.54) is 6.07 Å². The third-order valence-electron chi connectivity index (χ3n) is 3.68. The van der Waals surface area contributed by atoms with Crippen LogP contribution >= 0.6 is 11.6 Å². The predicted octanol–water partition coefficient (Wildman–Crippen LogP) is 4.16. The van der Waals surface area contributed by atoms with Crippen LogP contribution in [0.15, 0.2) is 53.4 Å². The van der Waals surface area contributed by atoms with Crippen LogP contribution in [0.25, 0.3) is 6.08 Å². The van der Waals surface area contributed by atoms with Gasteiger partial charge in [0.05, 0.1) is 9.92 Å². The van der Waals surface area contributed by atoms with E-state index in [4.69, 9.17) is 16.3 Å². The quantitative estimate of drug-likeness (QED) is 0.834. The summed E-state index contributed by atoms with van der Waals surface area (Å²) in [7, 11) is -3.90. The zero-order valence-electron chi connectivity index (χ0n) is 13.1. The van der Waals surface area contributed by atoms with Crippen molar-refractivity contribution in [2.75, 3.05) is 0 Å². The summed E-state index contributed by atoms with van der Waals surface area (Å²) in [4.78, 5) is -0.157. The molecule has 0 saturated carbocycles. The van der Waals surface area contributed by atoms with E-state index < -0.39 is 22.3 Å². The minimum atomic E-state index is -4.58. The van der Waals surface area contributed by atoms with Gasteiger partial charge in [0.15, 0.2) is 0 Å². The Labute approximate surface area is 153 Å². The molecular weight excluding hydrogens is 391 g/mol. The van der Waals surface area contributed by atoms with Crippen molar-refractivity contribution in [1.29, 1.82) is 0 Å². The molecule has 3 rings (SSSR count). The molecule has 0 saturated heterocycles. The van der Waals surface area contributed by atoms with Crippen LogP contribution in [0.3, 0.4) is 0 Å². The Balaban J connectivity index is 1.86. The van der Waals surface area contributed by atoms with Crippen LogP contribution in [-0.2, 0) is 16.6 Å². The normalized spacial score (nSPS) is 16.8. The first-order valence-corrected chi connectivity index (χ1v) is 9.31. The van der Waals surface area contributed by atoms with Gasteiger partial charge in [0.25, 0.3) is 0 Å². The van der Waals surface area contributed by atoms with Crippen molar-refractivity contribution < 1.29 is 26.3 Å². The molecule has 0 aromatic heterocycles. The molecule has 0 bridgehead atoms. The van der Waals surface area contributed by atoms with Crippen LogP contribution < -0.4 is 9.46 Å². The summed E-state index contributed by atoms with van der Waals surface area (Å²) in [6, 6.07) is 11.2. The minimum absolute atomic E-state index is 0.0698. The van der Waals surface area contributed by atoms with Crippen molar-refractivity contribution in [3.63, 3.8) is 0 Å². The summed E-state index contributed by atoms with van der Waals surface area (Å²) < 4.78 is 70.5. The summed E-state index contributed by atoms with van der Waals surface area (Å²) in [6.45, 7) is 0.0698. The third kappa shape index (κ3) is 4.03. The largest absolute Gasteiger partial charge is 0.475 e. The van der Waals surface area contributed by atoms with Gasteiger partial charge in [0, 0.05) is 12.1 Å². The molecule has 138 valence electrons. The van der Waals surface area contributed by atoms with Gasteiger partial charge in [0.1, 0.15) is 5.75 Å². The van der Waals surface area contributed by atoms with Crippen molar-refractivity contribution in [1.82, 2.24) is 4.72 Å². The maximum atomic E-state index is 12.8. The molecule has 0 amide bonds. The van der Waals surface area contributed by atoms with Gasteiger partial charge >= 0.3 is 6.18 Å². The molecule has 1 aliphatic rings. The molecule has 0 radical (unpaired) electrons. The van der Waals surface area contributed by atoms with Crippen molar-refractivity contribution in [3.8, 4) is 5.75 Å². The van der Waals surface area contributed by atoms with Crippen molar-refractivity contribution in [2.45, 2.75) is 23.7 Å². The van der Waals surface area contributed by atoms with Crippen molar-refractivity contribution in [3.05, 3.63) is 64.7 Å². The highest BCUT2D eigenvalue weighted by Gasteiger charge is 2.42. The zero-order valence-corrected chi connectivity index (χ0v) is 14.7. The molecule has 0 unspecified atom stereocenters. The Morgan fingerprint density at radius 1 is 1.15 bits per heavy atom. The molecule has 26 heavy (non-hydrogen) atoms. The number of alkyl halides is 3. The van der Waals surface area contributed by atoms with Gasteiger partial charge in [-0.1, -0.05) is 48.0 Å². The maximum Gasteiger partial charge on any atom is 0.429 e. The van der Waals surface area contributed by atoms with Crippen LogP contribution in [0.4, 0.5) is 13.2 Å². The highest BCUT2D eigenvalue weighted by Crippen LogP contribution is 2.39. The molecule has 0 fully saturated rings. The van der Waals surface area contributed by atoms with Gasteiger partial charge in [0.2, 0.25) is 16.1 Å². The predicted molar refractivity (Wildman–Crippen MR) is 91.4 cm³/mol. The van der Waals surface area contributed by atoms with E-state index in [2.05, 4.69) is 4.72 Å². The summed E-state index contributed by atoms with van der Waals surface area (Å²) in [6.07, 6.45) is -4.74. The number of nitrogens with one attached hydrogen (secondary N) is 1. The molecule has 0 aliphatic carbocycles. The third-order valence-corrected chi connectivity index (χ3v) is 5.34. The number of benzene rings is 2. The number of fused-ring (bicyclic) bond motifs is 1. The number of hydrogen-bond acceptors (Lipinski definition) is 3. The molecule has 2 aromatic rings. The zero-order chi connectivity index (χ0) is 18.9. The summed E-state index contributed by atoms with van der Waals surface area (Å²) in [5.41, 5.74) is 0.925. The Hall–Kier alpha value is -2.03. The molecule has 1 atom stereocenters. The SMILES string of the molecule is O=S(=O)(NCc1ccccc1)c1cc(Cl)c2c(c1)C=C[C@@H](C(F)(F)F)O2. The van der Waals surface area contributed by atoms with E-state index in [1.54, 1.807) is 24.3 Å². The Bertz CT molecular complexity index is 944. The topological polar surface area (TPSA) is 55.4 Å². The first kappa shape index (κ1) is 18.8. The lowest BCUT2D eigenvalue weighted by Crippen LogP contribution is -2.34. The molecule has 1 aliphatic heterocycles. The van der Waals surface area contributed by atoms with Gasteiger partial charge in [-0.3, -0.25) is 0 Å². The standard InChI is InChI=1S/C17H13ClF3NO3S/c18-14-9-13(26(23,24)22-10-11-4-2-1-3-5-11)8-12-6-7-15(17(19,20)21)25-16(12)14/h1-9,15,22H,10H2/t15-/m0/s1. The molecule has 1 N–H and O–H groups in total. The lowest BCUT2D eigenvalue weighted by atomic mass is 10.1. The number of ether oxygens (including phenoxy) is 1. The van der Waals surface area contributed by atoms with Gasteiger partial charge < -0.3 is 4.74 Å². The van der Waals surface area contributed by atoms with Crippen molar-refractivity contribution in [2.24, 2.45) is 0 Å². The molecular formula is C17H13ClF3NO3S. The average molecular weight is 404 g/mol. The fraction of sp³-hybridized carbons (Fsp3) is 0.176. The lowest BCUT2D eigenvalue weighted by Gasteiger charge is -2.24. The van der Waals surface area contributed by atoms with E-state index in [0.717, 1.165) is 23.8 Å². The highest BCUT2D eigenvalue weighted by molar-refractivity contribution is 7.89. The number of sulfonamides is 1. The Morgan fingerprint density at radius 3 is 2.50 bits per heavy atom. The maximum absolute atomic E-state index is 12.8. The fourth-order valence-corrected chi connectivity index (χ4v) is 3.80. The van der Waals surface area contributed by atoms with Gasteiger partial charge in [-0.2, -0.15) is 13.2 Å². The van der Waals surface area contributed by atoms with Crippen LogP contribution in [0.5, 0.6) is 5.75 Å². The van der Waals surface area contributed by atoms with Crippen LogP contribution in [0, 0.1) is 0 Å². The second-order valence-electron chi connectivity index (χ2n) is 5.57. The van der Waals surface area contributed by atoms with E-state index in [1.807, 2.05) is 6.07 Å². The van der Waals surface area contributed by atoms with E-state index in [0.29, 0.717) is 0 Å². The molecule has 4 nitrogen and oxygen atoms in total. The first-order chi connectivity index (χ1) is 12.2. The van der Waals surface area contributed by atoms with E-state index >= 15 is 0 Å². The van der Waals surface area contributed by atoms with E-state index in [-0.39, 0.29) is 27.8 Å². The monoisotopic (exact) mass is 403 g/mol. The van der Waals surface area contributed by atoms with Gasteiger partial charge in [-0.05, 0) is 23.8 Å². The van der Waals surface area contributed by atoms with Crippen LogP contribution in [-0.4, -0.2) is 20.7 Å². The highest BCUT2D eigenvalue weighted by atomic mass is 35.5. The second-order valence-corrected chi connectivity index (χ2v) is 7.75. The molecule has 9 heteroatoms. The molecule has 0 spiro atoms. The average Bonchev–Trinajstić information content (AvgIpc) is 2.60. The number of halogens is 4. The molecule has 1 heterocycles. The van der Waals surface area contributed by atoms with Crippen LogP contribution in [0.1, 0.15) is 11.1 Å². The van der Waals surface area contributed by atoms with Gasteiger partial charge in [-0.15, -0.1) is 0 Å². The summed E-state index contributed by atoms with van der Waals surface area (Å²) in [5.74, 6) is -0.196. The number of hydrogen-bond donors (Lipinski definition) is 1. The Kier molecular flexibility index (Phi) is 5.01. The smallest absolute Gasteiger partial charge is 0.429 e. The van der Waals surface area contributed by atoms with Crippen LogP contribution in [0.2, 0.25) is 5.02 Å². The second kappa shape index (κ2) is 6.94. The Morgan fingerprint density at radius 2 is 1.85 bits per heavy atom. The summed E-state index contributed by atoms with van der Waals surface area (Å²) in [5, 5.41) is -0.207. The fourth-order valence-electron chi connectivity index (χ4n) is 2.38.